The summed E-state index contributed by atoms with van der Waals surface area (Å²) in [5.41, 5.74) is 1.94. The number of nitrogens with zero attached hydrogens (tertiary/aromatic N) is 3. The molecule has 0 amide bonds. The van der Waals surface area contributed by atoms with E-state index in [1.54, 1.807) is 7.05 Å². The molecule has 0 aromatic carbocycles. The minimum atomic E-state index is -4.16. The molecule has 1 saturated heterocycles. The van der Waals surface area contributed by atoms with Gasteiger partial charge in [-0.2, -0.15) is 13.2 Å². The maximum absolute atomic E-state index is 12.5. The summed E-state index contributed by atoms with van der Waals surface area (Å²) in [5.74, 6) is 1.42. The Morgan fingerprint density at radius 1 is 1.35 bits per heavy atom. The highest BCUT2D eigenvalue weighted by Gasteiger charge is 2.34. The van der Waals surface area contributed by atoms with Crippen molar-refractivity contribution in [3.05, 3.63) is 17.0 Å². The van der Waals surface area contributed by atoms with Crippen LogP contribution in [0.5, 0.6) is 0 Å². The van der Waals surface area contributed by atoms with Gasteiger partial charge in [-0.05, 0) is 12.8 Å². The van der Waals surface area contributed by atoms with Crippen molar-refractivity contribution in [3.63, 3.8) is 0 Å². The van der Waals surface area contributed by atoms with Gasteiger partial charge in [-0.1, -0.05) is 19.0 Å². The summed E-state index contributed by atoms with van der Waals surface area (Å²) in [6.07, 6.45) is -1.96. The Morgan fingerprint density at radius 2 is 2.08 bits per heavy atom. The Labute approximate surface area is 169 Å². The maximum Gasteiger partial charge on any atom is 0.401 e. The molecule has 6 nitrogen and oxygen atoms in total. The maximum atomic E-state index is 12.5. The predicted octanol–water partition coefficient (Wildman–Crippen LogP) is 2.72. The van der Waals surface area contributed by atoms with Crippen LogP contribution < -0.4 is 10.6 Å². The van der Waals surface area contributed by atoms with Crippen molar-refractivity contribution >= 4 is 29.9 Å². The zero-order valence-electron chi connectivity index (χ0n) is 15.3. The lowest BCUT2D eigenvalue weighted by atomic mass is 10.1. The number of alkyl halides is 3. The molecular formula is C16H27F3IN5O. The molecule has 0 radical (unpaired) electrons. The van der Waals surface area contributed by atoms with Gasteiger partial charge in [0.05, 0.1) is 12.2 Å². The van der Waals surface area contributed by atoms with E-state index in [9.17, 15) is 13.2 Å². The zero-order chi connectivity index (χ0) is 18.4. The van der Waals surface area contributed by atoms with Gasteiger partial charge < -0.3 is 15.2 Å². The Morgan fingerprint density at radius 3 is 2.65 bits per heavy atom. The summed E-state index contributed by atoms with van der Waals surface area (Å²) in [6, 6.07) is -0.0488. The van der Waals surface area contributed by atoms with Crippen molar-refractivity contribution < 1.29 is 17.7 Å². The van der Waals surface area contributed by atoms with Gasteiger partial charge in [-0.15, -0.1) is 24.0 Å². The summed E-state index contributed by atoms with van der Waals surface area (Å²) >= 11 is 0. The summed E-state index contributed by atoms with van der Waals surface area (Å²) in [7, 11) is 1.65. The van der Waals surface area contributed by atoms with Crippen LogP contribution in [0.25, 0.3) is 0 Å². The number of aromatic nitrogens is 1. The number of rotatable bonds is 6. The van der Waals surface area contributed by atoms with Crippen molar-refractivity contribution in [3.8, 4) is 0 Å². The molecule has 10 heteroatoms. The van der Waals surface area contributed by atoms with Crippen LogP contribution in [-0.2, 0) is 19.4 Å². The second kappa shape index (κ2) is 10.3. The SMILES string of the molecule is CCc1noc(CC)c1CNC(=NC)NC1CCN(CC(F)(F)F)C1.I. The number of hydrogen-bond acceptors (Lipinski definition) is 4. The quantitative estimate of drug-likeness (QED) is 0.366. The van der Waals surface area contributed by atoms with Crippen molar-refractivity contribution in [2.45, 2.75) is 51.9 Å². The molecule has 1 aliphatic rings. The van der Waals surface area contributed by atoms with E-state index >= 15 is 0 Å². The lowest BCUT2D eigenvalue weighted by molar-refractivity contribution is -0.143. The Bertz CT molecular complexity index is 569. The second-order valence-corrected chi connectivity index (χ2v) is 6.14. The minimum absolute atomic E-state index is 0. The number of aliphatic imine (C=N–C) groups is 1. The molecule has 1 atom stereocenters. The van der Waals surface area contributed by atoms with Gasteiger partial charge in [-0.3, -0.25) is 9.89 Å². The van der Waals surface area contributed by atoms with Gasteiger partial charge >= 0.3 is 6.18 Å². The molecule has 2 heterocycles. The fourth-order valence-corrected chi connectivity index (χ4v) is 3.05. The second-order valence-electron chi connectivity index (χ2n) is 6.14. The molecule has 0 aliphatic carbocycles. The Balaban J connectivity index is 0.00000338. The van der Waals surface area contributed by atoms with E-state index in [0.29, 0.717) is 32.0 Å². The van der Waals surface area contributed by atoms with Crippen LogP contribution in [0.1, 0.15) is 37.3 Å². The standard InChI is InChI=1S/C16H26F3N5O.HI/c1-4-13-12(14(5-2)25-23-13)8-21-15(20-3)22-11-6-7-24(9-11)10-16(17,18)19;/h11H,4-10H2,1-3H3,(H2,20,21,22);1H. The van der Waals surface area contributed by atoms with Crippen LogP contribution in [0.3, 0.4) is 0 Å². The molecule has 1 aliphatic heterocycles. The van der Waals surface area contributed by atoms with E-state index in [-0.39, 0.29) is 30.0 Å². The minimum Gasteiger partial charge on any atom is -0.361 e. The molecule has 26 heavy (non-hydrogen) atoms. The first kappa shape index (κ1) is 23.0. The number of hydrogen-bond donors (Lipinski definition) is 2. The number of halogens is 4. The Hall–Kier alpha value is -1.04. The number of aryl methyl sites for hydroxylation is 2. The van der Waals surface area contributed by atoms with Gasteiger partial charge in [-0.25, -0.2) is 0 Å². The fourth-order valence-electron chi connectivity index (χ4n) is 3.05. The van der Waals surface area contributed by atoms with Crippen LogP contribution in [0.15, 0.2) is 9.52 Å². The van der Waals surface area contributed by atoms with E-state index in [0.717, 1.165) is 29.9 Å². The zero-order valence-corrected chi connectivity index (χ0v) is 17.6. The van der Waals surface area contributed by atoms with E-state index in [2.05, 4.69) is 20.8 Å². The Kier molecular flexibility index (Phi) is 9.14. The van der Waals surface area contributed by atoms with E-state index in [1.165, 1.54) is 4.90 Å². The normalized spacial score (nSPS) is 18.7. The monoisotopic (exact) mass is 489 g/mol. The van der Waals surface area contributed by atoms with Crippen LogP contribution in [0.4, 0.5) is 13.2 Å². The topological polar surface area (TPSA) is 65.7 Å². The van der Waals surface area contributed by atoms with Gasteiger partial charge in [0.15, 0.2) is 5.96 Å². The van der Waals surface area contributed by atoms with Crippen molar-refractivity contribution in [2.24, 2.45) is 4.99 Å². The third kappa shape index (κ3) is 6.60. The highest BCUT2D eigenvalue weighted by molar-refractivity contribution is 14.0. The number of guanidine groups is 1. The largest absolute Gasteiger partial charge is 0.401 e. The lowest BCUT2D eigenvalue weighted by Gasteiger charge is -2.19. The molecule has 150 valence electrons. The fraction of sp³-hybridized carbons (Fsp3) is 0.750. The first-order valence-corrected chi connectivity index (χ1v) is 8.58. The van der Waals surface area contributed by atoms with Crippen LogP contribution in [0, 0.1) is 0 Å². The van der Waals surface area contributed by atoms with Gasteiger partial charge in [0.1, 0.15) is 5.76 Å². The van der Waals surface area contributed by atoms with Gasteiger partial charge in [0.2, 0.25) is 0 Å². The van der Waals surface area contributed by atoms with Crippen LogP contribution in [0.2, 0.25) is 0 Å². The van der Waals surface area contributed by atoms with Crippen molar-refractivity contribution in [2.75, 3.05) is 26.7 Å². The van der Waals surface area contributed by atoms with Gasteiger partial charge in [0.25, 0.3) is 0 Å². The molecule has 1 unspecified atom stereocenters. The molecular weight excluding hydrogens is 462 g/mol. The van der Waals surface area contributed by atoms with Crippen molar-refractivity contribution in [1.29, 1.82) is 0 Å². The molecule has 0 spiro atoms. The molecule has 0 bridgehead atoms. The highest BCUT2D eigenvalue weighted by atomic mass is 127. The van der Waals surface area contributed by atoms with Crippen LogP contribution >= 0.6 is 24.0 Å². The molecule has 1 aromatic heterocycles. The summed E-state index contributed by atoms with van der Waals surface area (Å²) in [5, 5.41) is 10.5. The third-order valence-corrected chi connectivity index (χ3v) is 4.28. The first-order chi connectivity index (χ1) is 11.9. The predicted molar refractivity (Wildman–Crippen MR) is 105 cm³/mol. The van der Waals surface area contributed by atoms with E-state index < -0.39 is 12.7 Å². The molecule has 2 N–H and O–H groups in total. The lowest BCUT2D eigenvalue weighted by Crippen LogP contribution is -2.45. The summed E-state index contributed by atoms with van der Waals surface area (Å²) < 4.78 is 42.7. The number of likely N-dealkylation sites (tertiary alicyclic amines) is 1. The molecule has 1 fully saturated rings. The van der Waals surface area contributed by atoms with E-state index in [4.69, 9.17) is 4.52 Å². The molecule has 2 rings (SSSR count). The summed E-state index contributed by atoms with van der Waals surface area (Å²) in [6.45, 7) is 4.46. The average molecular weight is 489 g/mol. The average Bonchev–Trinajstić information content (AvgIpc) is 3.15. The summed E-state index contributed by atoms with van der Waals surface area (Å²) in [4.78, 5) is 5.58. The smallest absolute Gasteiger partial charge is 0.361 e. The van der Waals surface area contributed by atoms with Gasteiger partial charge in [0, 0.05) is 44.7 Å². The first-order valence-electron chi connectivity index (χ1n) is 8.58. The number of nitrogens with one attached hydrogen (secondary N) is 2. The van der Waals surface area contributed by atoms with Crippen molar-refractivity contribution in [1.82, 2.24) is 20.7 Å². The van der Waals surface area contributed by atoms with Crippen LogP contribution in [-0.4, -0.2) is 54.9 Å². The molecule has 0 saturated carbocycles. The molecule has 1 aromatic rings. The van der Waals surface area contributed by atoms with E-state index in [1.807, 2.05) is 13.8 Å². The third-order valence-electron chi connectivity index (χ3n) is 4.28. The highest BCUT2D eigenvalue weighted by Crippen LogP contribution is 2.20.